The van der Waals surface area contributed by atoms with Crippen molar-refractivity contribution in [1.82, 2.24) is 9.47 Å². The van der Waals surface area contributed by atoms with Crippen LogP contribution in [-0.2, 0) is 19.5 Å². The highest BCUT2D eigenvalue weighted by atomic mass is 79.9. The molecule has 1 aromatic heterocycles. The van der Waals surface area contributed by atoms with E-state index in [-0.39, 0.29) is 0 Å². The molecule has 0 N–H and O–H groups in total. The van der Waals surface area contributed by atoms with Gasteiger partial charge in [0, 0.05) is 40.7 Å². The van der Waals surface area contributed by atoms with Gasteiger partial charge in [0.15, 0.2) is 0 Å². The molecule has 3 aromatic rings. The van der Waals surface area contributed by atoms with Crippen LogP contribution in [-0.4, -0.2) is 16.0 Å². The number of hydrogen-bond acceptors (Lipinski definition) is 1. The fraction of sp³-hybridized carbons (Fsp3) is 0.391. The third-order valence-electron chi connectivity index (χ3n) is 6.15. The summed E-state index contributed by atoms with van der Waals surface area (Å²) in [6.07, 6.45) is 5.07. The van der Waals surface area contributed by atoms with Gasteiger partial charge < -0.3 is 4.57 Å². The van der Waals surface area contributed by atoms with Gasteiger partial charge in [-0.25, -0.2) is 0 Å². The largest absolute Gasteiger partial charge is 0.343 e. The molecule has 1 aliphatic heterocycles. The summed E-state index contributed by atoms with van der Waals surface area (Å²) in [7, 11) is 0. The molecule has 0 radical (unpaired) electrons. The van der Waals surface area contributed by atoms with E-state index in [1.165, 1.54) is 54.3 Å². The number of benzene rings is 2. The van der Waals surface area contributed by atoms with Crippen LogP contribution in [0.2, 0.25) is 0 Å². The van der Waals surface area contributed by atoms with Crippen molar-refractivity contribution >= 4 is 26.8 Å². The van der Waals surface area contributed by atoms with Crippen LogP contribution in [0.4, 0.5) is 0 Å². The van der Waals surface area contributed by atoms with Gasteiger partial charge in [0.1, 0.15) is 0 Å². The molecular weight excluding hydrogens is 384 g/mol. The molecular formula is C23H25BrN2. The highest BCUT2D eigenvalue weighted by molar-refractivity contribution is 9.10. The second kappa shape index (κ2) is 6.54. The van der Waals surface area contributed by atoms with E-state index in [1.807, 2.05) is 0 Å². The van der Waals surface area contributed by atoms with Gasteiger partial charge >= 0.3 is 0 Å². The predicted molar refractivity (Wildman–Crippen MR) is 112 cm³/mol. The van der Waals surface area contributed by atoms with Crippen molar-refractivity contribution in [3.8, 4) is 0 Å². The number of aromatic nitrogens is 1. The SMILES string of the molecule is Cc1ccc2c(c1)c1c3n2CCCN(Cc2ccc(Br)cc2)[C@H]3CCC1. The van der Waals surface area contributed by atoms with E-state index in [9.17, 15) is 0 Å². The lowest BCUT2D eigenvalue weighted by atomic mass is 9.90. The highest BCUT2D eigenvalue weighted by Gasteiger charge is 2.33. The molecule has 2 heterocycles. The summed E-state index contributed by atoms with van der Waals surface area (Å²) in [5.74, 6) is 0. The Morgan fingerprint density at radius 1 is 1.04 bits per heavy atom. The zero-order valence-electron chi connectivity index (χ0n) is 15.3. The van der Waals surface area contributed by atoms with Crippen LogP contribution in [0.3, 0.4) is 0 Å². The van der Waals surface area contributed by atoms with Crippen LogP contribution >= 0.6 is 15.9 Å². The summed E-state index contributed by atoms with van der Waals surface area (Å²) in [5.41, 5.74) is 7.50. The maximum atomic E-state index is 3.56. The Hall–Kier alpha value is -1.58. The summed E-state index contributed by atoms with van der Waals surface area (Å²) < 4.78 is 3.81. The Morgan fingerprint density at radius 3 is 2.73 bits per heavy atom. The molecule has 2 aliphatic rings. The minimum absolute atomic E-state index is 0.567. The molecule has 2 aromatic carbocycles. The molecule has 134 valence electrons. The molecule has 0 fully saturated rings. The van der Waals surface area contributed by atoms with Crippen LogP contribution in [0.1, 0.15) is 47.7 Å². The van der Waals surface area contributed by atoms with Gasteiger partial charge in [0.2, 0.25) is 0 Å². The lowest BCUT2D eigenvalue weighted by Gasteiger charge is -2.33. The second-order valence-corrected chi connectivity index (χ2v) is 8.81. The molecule has 0 saturated heterocycles. The first-order chi connectivity index (χ1) is 12.7. The number of halogens is 1. The number of aryl methyl sites for hydroxylation is 3. The van der Waals surface area contributed by atoms with E-state index < -0.39 is 0 Å². The van der Waals surface area contributed by atoms with Gasteiger partial charge in [0.25, 0.3) is 0 Å². The van der Waals surface area contributed by atoms with Gasteiger partial charge in [0.05, 0.1) is 6.04 Å². The average Bonchev–Trinajstić information content (AvgIpc) is 2.83. The van der Waals surface area contributed by atoms with E-state index in [1.54, 1.807) is 11.3 Å². The Bertz CT molecular complexity index is 951. The average molecular weight is 409 g/mol. The molecule has 0 amide bonds. The predicted octanol–water partition coefficient (Wildman–Crippen LogP) is 6.00. The van der Waals surface area contributed by atoms with Crippen LogP contribution in [0.5, 0.6) is 0 Å². The zero-order chi connectivity index (χ0) is 17.7. The summed E-state index contributed by atoms with van der Waals surface area (Å²) in [6.45, 7) is 5.62. The van der Waals surface area contributed by atoms with E-state index >= 15 is 0 Å². The van der Waals surface area contributed by atoms with Crippen molar-refractivity contribution in [3.05, 3.63) is 69.3 Å². The number of rotatable bonds is 2. The first-order valence-electron chi connectivity index (χ1n) is 9.81. The third kappa shape index (κ3) is 2.73. The smallest absolute Gasteiger partial charge is 0.0507 e. The van der Waals surface area contributed by atoms with Gasteiger partial charge in [-0.1, -0.05) is 39.7 Å². The Morgan fingerprint density at radius 2 is 1.88 bits per heavy atom. The molecule has 3 heteroatoms. The van der Waals surface area contributed by atoms with E-state index in [4.69, 9.17) is 0 Å². The number of fused-ring (bicyclic) bond motifs is 3. The monoisotopic (exact) mass is 408 g/mol. The fourth-order valence-electron chi connectivity index (χ4n) is 5.01. The first-order valence-corrected chi connectivity index (χ1v) is 10.6. The summed E-state index contributed by atoms with van der Waals surface area (Å²) in [4.78, 5) is 2.73. The molecule has 26 heavy (non-hydrogen) atoms. The molecule has 1 atom stereocenters. The van der Waals surface area contributed by atoms with Crippen LogP contribution < -0.4 is 0 Å². The van der Waals surface area contributed by atoms with Crippen molar-refractivity contribution in [2.45, 2.75) is 51.7 Å². The highest BCUT2D eigenvalue weighted by Crippen LogP contribution is 2.42. The van der Waals surface area contributed by atoms with Crippen LogP contribution in [0.25, 0.3) is 10.9 Å². The summed E-state index contributed by atoms with van der Waals surface area (Å²) in [6, 6.07) is 16.5. The standard InChI is InChI=1S/C23H25BrN2/c1-16-6-11-21-20(14-16)19-4-2-5-22-23(19)26(21)13-3-12-25(22)15-17-7-9-18(24)10-8-17/h6-11,14,22H,2-5,12-13,15H2,1H3/t22-/m0/s1. The van der Waals surface area contributed by atoms with Crippen LogP contribution in [0.15, 0.2) is 46.9 Å². The van der Waals surface area contributed by atoms with Gasteiger partial charge in [-0.2, -0.15) is 0 Å². The van der Waals surface area contributed by atoms with Gasteiger partial charge in [-0.15, -0.1) is 0 Å². The van der Waals surface area contributed by atoms with Gasteiger partial charge in [-0.3, -0.25) is 4.90 Å². The third-order valence-corrected chi connectivity index (χ3v) is 6.68. The van der Waals surface area contributed by atoms with E-state index in [0.717, 1.165) is 17.6 Å². The molecule has 2 nitrogen and oxygen atoms in total. The van der Waals surface area contributed by atoms with E-state index in [0.29, 0.717) is 6.04 Å². The zero-order valence-corrected chi connectivity index (χ0v) is 16.9. The Labute approximate surface area is 163 Å². The normalized spacial score (nSPS) is 20.2. The second-order valence-electron chi connectivity index (χ2n) is 7.89. The molecule has 0 unspecified atom stereocenters. The van der Waals surface area contributed by atoms with Gasteiger partial charge in [-0.05, 0) is 68.0 Å². The number of hydrogen-bond donors (Lipinski definition) is 0. The Balaban J connectivity index is 1.58. The lowest BCUT2D eigenvalue weighted by molar-refractivity contribution is 0.173. The van der Waals surface area contributed by atoms with Crippen molar-refractivity contribution in [2.75, 3.05) is 6.54 Å². The van der Waals surface area contributed by atoms with Crippen molar-refractivity contribution in [2.24, 2.45) is 0 Å². The maximum absolute atomic E-state index is 3.56. The lowest BCUT2D eigenvalue weighted by Crippen LogP contribution is -2.30. The fourth-order valence-corrected chi connectivity index (χ4v) is 5.27. The summed E-state index contributed by atoms with van der Waals surface area (Å²) in [5, 5.41) is 1.51. The minimum Gasteiger partial charge on any atom is -0.343 e. The molecule has 0 saturated carbocycles. The van der Waals surface area contributed by atoms with Crippen molar-refractivity contribution in [1.29, 1.82) is 0 Å². The summed E-state index contributed by atoms with van der Waals surface area (Å²) >= 11 is 3.56. The van der Waals surface area contributed by atoms with Crippen molar-refractivity contribution < 1.29 is 0 Å². The number of nitrogens with zero attached hydrogens (tertiary/aromatic N) is 2. The molecule has 0 spiro atoms. The van der Waals surface area contributed by atoms with E-state index in [2.05, 4.69) is 74.8 Å². The molecule has 0 bridgehead atoms. The molecule has 5 rings (SSSR count). The Kier molecular flexibility index (Phi) is 4.17. The first kappa shape index (κ1) is 16.6. The minimum atomic E-state index is 0.567. The molecule has 1 aliphatic carbocycles. The van der Waals surface area contributed by atoms with Crippen LogP contribution in [0, 0.1) is 6.92 Å². The maximum Gasteiger partial charge on any atom is 0.0507 e. The topological polar surface area (TPSA) is 8.17 Å². The quantitative estimate of drug-likeness (QED) is 0.504. The van der Waals surface area contributed by atoms with Crippen molar-refractivity contribution in [3.63, 3.8) is 0 Å².